The lowest BCUT2D eigenvalue weighted by Crippen LogP contribution is -2.16. The third-order valence-corrected chi connectivity index (χ3v) is 3.46. The van der Waals surface area contributed by atoms with Crippen LogP contribution in [0.4, 0.5) is 10.1 Å². The number of anilines is 1. The first-order valence-electron chi connectivity index (χ1n) is 6.16. The van der Waals surface area contributed by atoms with Gasteiger partial charge < -0.3 is 11.1 Å². The van der Waals surface area contributed by atoms with E-state index in [4.69, 9.17) is 5.73 Å². The van der Waals surface area contributed by atoms with Crippen molar-refractivity contribution in [2.45, 2.75) is 6.42 Å². The van der Waals surface area contributed by atoms with Gasteiger partial charge in [0, 0.05) is 11.3 Å². The zero-order valence-electron chi connectivity index (χ0n) is 10.7. The molecule has 0 fully saturated rings. The summed E-state index contributed by atoms with van der Waals surface area (Å²) in [6.45, 7) is 0.479. The second kappa shape index (κ2) is 6.63. The van der Waals surface area contributed by atoms with Crippen molar-refractivity contribution < 1.29 is 9.18 Å². The molecule has 0 spiro atoms. The molecule has 104 valence electrons. The molecule has 0 aliphatic rings. The summed E-state index contributed by atoms with van der Waals surface area (Å²) in [4.78, 5) is 12.2. The van der Waals surface area contributed by atoms with E-state index in [1.54, 1.807) is 12.1 Å². The van der Waals surface area contributed by atoms with Crippen LogP contribution in [0.2, 0.25) is 0 Å². The fraction of sp³-hybridized carbons (Fsp3) is 0.133. The van der Waals surface area contributed by atoms with Crippen molar-refractivity contribution in [3.63, 3.8) is 0 Å². The van der Waals surface area contributed by atoms with E-state index in [0.717, 1.165) is 5.56 Å². The Balaban J connectivity index is 2.21. The van der Waals surface area contributed by atoms with Gasteiger partial charge in [-0.05, 0) is 58.7 Å². The standard InChI is InChI=1S/C15H14BrFN2O/c16-13-9-11(5-6-14(13)17)19-15(20)12-4-2-1-3-10(12)7-8-18/h1-6,9H,7-8,18H2,(H,19,20). The van der Waals surface area contributed by atoms with E-state index >= 15 is 0 Å². The maximum Gasteiger partial charge on any atom is 0.255 e. The molecule has 2 rings (SSSR count). The first kappa shape index (κ1) is 14.7. The molecule has 2 aromatic rings. The molecule has 2 aromatic carbocycles. The minimum atomic E-state index is -0.369. The molecule has 0 heterocycles. The maximum atomic E-state index is 13.2. The summed E-state index contributed by atoms with van der Waals surface area (Å²) in [5.41, 5.74) is 7.55. The first-order valence-corrected chi connectivity index (χ1v) is 6.95. The minimum absolute atomic E-state index is 0.229. The molecule has 3 nitrogen and oxygen atoms in total. The van der Waals surface area contributed by atoms with E-state index in [1.807, 2.05) is 12.1 Å². The number of amides is 1. The predicted molar refractivity (Wildman–Crippen MR) is 81.3 cm³/mol. The van der Waals surface area contributed by atoms with E-state index in [-0.39, 0.29) is 11.7 Å². The van der Waals surface area contributed by atoms with Gasteiger partial charge in [0.05, 0.1) is 4.47 Å². The molecular formula is C15H14BrFN2O. The molecule has 0 radical (unpaired) electrons. The summed E-state index contributed by atoms with van der Waals surface area (Å²) < 4.78 is 13.5. The van der Waals surface area contributed by atoms with Crippen LogP contribution in [0.25, 0.3) is 0 Å². The predicted octanol–water partition coefficient (Wildman–Crippen LogP) is 3.34. The smallest absolute Gasteiger partial charge is 0.255 e. The van der Waals surface area contributed by atoms with E-state index < -0.39 is 0 Å². The van der Waals surface area contributed by atoms with E-state index in [1.165, 1.54) is 18.2 Å². The number of carbonyl (C=O) groups excluding carboxylic acids is 1. The Morgan fingerprint density at radius 2 is 2.00 bits per heavy atom. The van der Waals surface area contributed by atoms with Gasteiger partial charge >= 0.3 is 0 Å². The molecule has 20 heavy (non-hydrogen) atoms. The Hall–Kier alpha value is -1.72. The topological polar surface area (TPSA) is 55.1 Å². The van der Waals surface area contributed by atoms with Crippen molar-refractivity contribution in [1.29, 1.82) is 0 Å². The fourth-order valence-electron chi connectivity index (χ4n) is 1.89. The Bertz CT molecular complexity index is 631. The number of hydrogen-bond acceptors (Lipinski definition) is 2. The number of carbonyl (C=O) groups is 1. The monoisotopic (exact) mass is 336 g/mol. The minimum Gasteiger partial charge on any atom is -0.330 e. The average Bonchev–Trinajstić information content (AvgIpc) is 2.44. The van der Waals surface area contributed by atoms with Crippen LogP contribution in [0.3, 0.4) is 0 Å². The highest BCUT2D eigenvalue weighted by Crippen LogP contribution is 2.21. The van der Waals surface area contributed by atoms with Crippen molar-refractivity contribution >= 4 is 27.5 Å². The molecule has 0 saturated heterocycles. The number of nitrogens with one attached hydrogen (secondary N) is 1. The Labute approximate surface area is 125 Å². The highest BCUT2D eigenvalue weighted by molar-refractivity contribution is 9.10. The lowest BCUT2D eigenvalue weighted by Gasteiger charge is -2.10. The Kier molecular flexibility index (Phi) is 4.87. The Morgan fingerprint density at radius 3 is 2.70 bits per heavy atom. The van der Waals surface area contributed by atoms with Gasteiger partial charge in [-0.15, -0.1) is 0 Å². The highest BCUT2D eigenvalue weighted by Gasteiger charge is 2.11. The third kappa shape index (κ3) is 3.43. The number of rotatable bonds is 4. The van der Waals surface area contributed by atoms with Crippen molar-refractivity contribution in [2.75, 3.05) is 11.9 Å². The van der Waals surface area contributed by atoms with Gasteiger partial charge in [-0.1, -0.05) is 18.2 Å². The van der Waals surface area contributed by atoms with Crippen molar-refractivity contribution in [3.05, 3.63) is 63.9 Å². The third-order valence-electron chi connectivity index (χ3n) is 2.85. The zero-order chi connectivity index (χ0) is 14.5. The summed E-state index contributed by atoms with van der Waals surface area (Å²) in [5.74, 6) is -0.598. The summed E-state index contributed by atoms with van der Waals surface area (Å²) in [6.07, 6.45) is 0.636. The van der Waals surface area contributed by atoms with Gasteiger partial charge in [-0.2, -0.15) is 0 Å². The number of nitrogens with two attached hydrogens (primary N) is 1. The molecule has 0 aromatic heterocycles. The second-order valence-electron chi connectivity index (χ2n) is 4.28. The van der Waals surface area contributed by atoms with Gasteiger partial charge in [0.25, 0.3) is 5.91 Å². The van der Waals surface area contributed by atoms with Crippen LogP contribution in [0.5, 0.6) is 0 Å². The summed E-state index contributed by atoms with van der Waals surface area (Å²) >= 11 is 3.09. The molecular weight excluding hydrogens is 323 g/mol. The van der Waals surface area contributed by atoms with Gasteiger partial charge in [-0.25, -0.2) is 4.39 Å². The number of halogens is 2. The van der Waals surface area contributed by atoms with Crippen LogP contribution >= 0.6 is 15.9 Å². The van der Waals surface area contributed by atoms with Crippen molar-refractivity contribution in [3.8, 4) is 0 Å². The number of benzene rings is 2. The van der Waals surface area contributed by atoms with Crippen LogP contribution in [0.1, 0.15) is 15.9 Å². The Morgan fingerprint density at radius 1 is 1.25 bits per heavy atom. The van der Waals surface area contributed by atoms with E-state index in [2.05, 4.69) is 21.2 Å². The van der Waals surface area contributed by atoms with Crippen LogP contribution < -0.4 is 11.1 Å². The van der Waals surface area contributed by atoms with Crippen LogP contribution in [-0.2, 0) is 6.42 Å². The van der Waals surface area contributed by atoms with Crippen LogP contribution in [-0.4, -0.2) is 12.5 Å². The summed E-state index contributed by atoms with van der Waals surface area (Å²) in [5, 5.41) is 2.75. The van der Waals surface area contributed by atoms with Gasteiger partial charge in [-0.3, -0.25) is 4.79 Å². The number of hydrogen-bond donors (Lipinski definition) is 2. The highest BCUT2D eigenvalue weighted by atomic mass is 79.9. The van der Waals surface area contributed by atoms with E-state index in [9.17, 15) is 9.18 Å². The average molecular weight is 337 g/mol. The zero-order valence-corrected chi connectivity index (χ0v) is 12.3. The molecule has 1 amide bonds. The van der Waals surface area contributed by atoms with Crippen LogP contribution in [0, 0.1) is 5.82 Å². The first-order chi connectivity index (χ1) is 9.61. The summed E-state index contributed by atoms with van der Waals surface area (Å²) in [6, 6.07) is 11.6. The summed E-state index contributed by atoms with van der Waals surface area (Å²) in [7, 11) is 0. The SMILES string of the molecule is NCCc1ccccc1C(=O)Nc1ccc(F)c(Br)c1. The van der Waals surface area contributed by atoms with Crippen molar-refractivity contribution in [2.24, 2.45) is 5.73 Å². The lowest BCUT2D eigenvalue weighted by atomic mass is 10.0. The molecule has 0 bridgehead atoms. The molecule has 0 atom stereocenters. The molecule has 3 N–H and O–H groups in total. The molecule has 0 aliphatic heterocycles. The maximum absolute atomic E-state index is 13.2. The molecule has 0 saturated carbocycles. The van der Waals surface area contributed by atoms with Crippen LogP contribution in [0.15, 0.2) is 46.9 Å². The largest absolute Gasteiger partial charge is 0.330 e. The fourth-order valence-corrected chi connectivity index (χ4v) is 2.27. The molecule has 5 heteroatoms. The van der Waals surface area contributed by atoms with E-state index in [0.29, 0.717) is 28.7 Å². The lowest BCUT2D eigenvalue weighted by molar-refractivity contribution is 0.102. The quantitative estimate of drug-likeness (QED) is 0.899. The van der Waals surface area contributed by atoms with Gasteiger partial charge in [0.15, 0.2) is 0 Å². The van der Waals surface area contributed by atoms with Crippen molar-refractivity contribution in [1.82, 2.24) is 0 Å². The second-order valence-corrected chi connectivity index (χ2v) is 5.13. The molecule has 0 aliphatic carbocycles. The van der Waals surface area contributed by atoms with Gasteiger partial charge in [0.1, 0.15) is 5.82 Å². The molecule has 0 unspecified atom stereocenters. The normalized spacial score (nSPS) is 10.3. The van der Waals surface area contributed by atoms with Gasteiger partial charge in [0.2, 0.25) is 0 Å².